The molecule has 25 heavy (non-hydrogen) atoms. The standard InChI is InChI=1S/C17H19ClN2O4S/c1-24-17(23)14-10-19(7-8-25-14)16(22)11-4-5-12(18)13(9-11)20-6-2-3-15(20)21/h4-5,9,14H,2-3,6-8,10H2,1H3/t14-/m0/s1. The topological polar surface area (TPSA) is 66.9 Å². The Labute approximate surface area is 155 Å². The molecule has 1 atom stereocenters. The van der Waals surface area contributed by atoms with Gasteiger partial charge in [-0.1, -0.05) is 11.6 Å². The van der Waals surface area contributed by atoms with Crippen molar-refractivity contribution in [1.82, 2.24) is 4.90 Å². The van der Waals surface area contributed by atoms with Crippen molar-refractivity contribution in [3.05, 3.63) is 28.8 Å². The van der Waals surface area contributed by atoms with Crippen molar-refractivity contribution >= 4 is 46.8 Å². The fourth-order valence-electron chi connectivity index (χ4n) is 3.05. The SMILES string of the molecule is COC(=O)[C@@H]1CN(C(=O)c2ccc(Cl)c(N3CCCC3=O)c2)CCS1. The van der Waals surface area contributed by atoms with Crippen LogP contribution >= 0.6 is 23.4 Å². The number of nitrogens with zero attached hydrogens (tertiary/aromatic N) is 2. The van der Waals surface area contributed by atoms with E-state index in [0.29, 0.717) is 48.1 Å². The zero-order valence-electron chi connectivity index (χ0n) is 13.9. The molecule has 0 saturated carbocycles. The Hall–Kier alpha value is -1.73. The van der Waals surface area contributed by atoms with Crippen LogP contribution in [0.15, 0.2) is 18.2 Å². The van der Waals surface area contributed by atoms with E-state index < -0.39 is 0 Å². The van der Waals surface area contributed by atoms with Gasteiger partial charge in [0.2, 0.25) is 5.91 Å². The summed E-state index contributed by atoms with van der Waals surface area (Å²) in [5.74, 6) is 0.212. The zero-order valence-corrected chi connectivity index (χ0v) is 15.4. The van der Waals surface area contributed by atoms with Gasteiger partial charge >= 0.3 is 5.97 Å². The molecule has 2 saturated heterocycles. The number of amides is 2. The summed E-state index contributed by atoms with van der Waals surface area (Å²) >= 11 is 7.73. The van der Waals surface area contributed by atoms with E-state index in [1.165, 1.54) is 18.9 Å². The van der Waals surface area contributed by atoms with Gasteiger partial charge in [0.05, 0.1) is 17.8 Å². The Bertz CT molecular complexity index is 712. The lowest BCUT2D eigenvalue weighted by molar-refractivity contribution is -0.140. The maximum Gasteiger partial charge on any atom is 0.320 e. The predicted molar refractivity (Wildman–Crippen MR) is 97.2 cm³/mol. The average molecular weight is 383 g/mol. The third-order valence-corrected chi connectivity index (χ3v) is 5.86. The number of benzene rings is 1. The highest BCUT2D eigenvalue weighted by molar-refractivity contribution is 8.00. The first-order valence-corrected chi connectivity index (χ1v) is 9.52. The fraction of sp³-hybridized carbons (Fsp3) is 0.471. The Morgan fingerprint density at radius 1 is 1.32 bits per heavy atom. The van der Waals surface area contributed by atoms with Crippen LogP contribution < -0.4 is 4.90 Å². The quantitative estimate of drug-likeness (QED) is 0.750. The summed E-state index contributed by atoms with van der Waals surface area (Å²) in [6.45, 7) is 1.50. The number of hydrogen-bond acceptors (Lipinski definition) is 5. The van der Waals surface area contributed by atoms with Crippen molar-refractivity contribution in [1.29, 1.82) is 0 Å². The number of rotatable bonds is 3. The first-order valence-electron chi connectivity index (χ1n) is 8.10. The van der Waals surface area contributed by atoms with Crippen LogP contribution in [-0.2, 0) is 14.3 Å². The number of anilines is 1. The van der Waals surface area contributed by atoms with E-state index in [2.05, 4.69) is 0 Å². The van der Waals surface area contributed by atoms with Crippen molar-refractivity contribution < 1.29 is 19.1 Å². The minimum atomic E-state index is -0.366. The molecule has 6 nitrogen and oxygen atoms in total. The number of carbonyl (C=O) groups excluding carboxylic acids is 3. The van der Waals surface area contributed by atoms with Crippen LogP contribution in [-0.4, -0.2) is 60.4 Å². The van der Waals surface area contributed by atoms with E-state index in [1.54, 1.807) is 28.0 Å². The summed E-state index contributed by atoms with van der Waals surface area (Å²) < 4.78 is 4.78. The lowest BCUT2D eigenvalue weighted by atomic mass is 10.1. The van der Waals surface area contributed by atoms with Crippen LogP contribution in [0, 0.1) is 0 Å². The third kappa shape index (κ3) is 3.77. The second-order valence-corrected chi connectivity index (χ2v) is 7.67. The lowest BCUT2D eigenvalue weighted by Crippen LogP contribution is -2.45. The fourth-order valence-corrected chi connectivity index (χ4v) is 4.39. The van der Waals surface area contributed by atoms with Crippen LogP contribution in [0.5, 0.6) is 0 Å². The number of carbonyl (C=O) groups is 3. The van der Waals surface area contributed by atoms with Gasteiger partial charge in [-0.05, 0) is 24.6 Å². The second-order valence-electron chi connectivity index (χ2n) is 5.95. The van der Waals surface area contributed by atoms with Gasteiger partial charge in [0.1, 0.15) is 5.25 Å². The van der Waals surface area contributed by atoms with Gasteiger partial charge in [-0.25, -0.2) is 0 Å². The summed E-state index contributed by atoms with van der Waals surface area (Å²) in [5, 5.41) is 0.0862. The third-order valence-electron chi connectivity index (χ3n) is 4.38. The van der Waals surface area contributed by atoms with E-state index in [9.17, 15) is 14.4 Å². The van der Waals surface area contributed by atoms with E-state index in [4.69, 9.17) is 16.3 Å². The van der Waals surface area contributed by atoms with E-state index in [-0.39, 0.29) is 23.0 Å². The summed E-state index contributed by atoms with van der Waals surface area (Å²) in [5.41, 5.74) is 1.04. The molecule has 8 heteroatoms. The van der Waals surface area contributed by atoms with Crippen molar-refractivity contribution in [2.75, 3.05) is 37.4 Å². The molecule has 1 aromatic carbocycles. The largest absolute Gasteiger partial charge is 0.468 e. The summed E-state index contributed by atoms with van der Waals surface area (Å²) in [6, 6.07) is 4.97. The maximum atomic E-state index is 12.8. The number of esters is 1. The van der Waals surface area contributed by atoms with Gasteiger partial charge in [-0.2, -0.15) is 0 Å². The molecule has 0 spiro atoms. The molecule has 2 aliphatic rings. The predicted octanol–water partition coefficient (Wildman–Crippen LogP) is 2.20. The first-order chi connectivity index (χ1) is 12.0. The second kappa shape index (κ2) is 7.66. The molecule has 2 heterocycles. The molecule has 0 bridgehead atoms. The summed E-state index contributed by atoms with van der Waals surface area (Å²) in [6.07, 6.45) is 1.29. The molecular weight excluding hydrogens is 364 g/mol. The number of ether oxygens (including phenoxy) is 1. The van der Waals surface area contributed by atoms with Gasteiger partial charge < -0.3 is 14.5 Å². The summed E-state index contributed by atoms with van der Waals surface area (Å²) in [7, 11) is 1.35. The molecule has 0 unspecified atom stereocenters. The molecule has 3 rings (SSSR count). The van der Waals surface area contributed by atoms with E-state index in [0.717, 1.165) is 6.42 Å². The highest BCUT2D eigenvalue weighted by atomic mass is 35.5. The molecule has 0 aliphatic carbocycles. The number of hydrogen-bond donors (Lipinski definition) is 0. The molecule has 2 aliphatic heterocycles. The minimum Gasteiger partial charge on any atom is -0.468 e. The van der Waals surface area contributed by atoms with Gasteiger partial charge in [0.15, 0.2) is 0 Å². The highest BCUT2D eigenvalue weighted by Crippen LogP contribution is 2.31. The van der Waals surface area contributed by atoms with Gasteiger partial charge in [0.25, 0.3) is 5.91 Å². The molecule has 0 aromatic heterocycles. The number of methoxy groups -OCH3 is 1. The molecule has 1 aromatic rings. The van der Waals surface area contributed by atoms with Crippen LogP contribution in [0.3, 0.4) is 0 Å². The smallest absolute Gasteiger partial charge is 0.320 e. The van der Waals surface area contributed by atoms with Crippen LogP contribution in [0.2, 0.25) is 5.02 Å². The van der Waals surface area contributed by atoms with Gasteiger partial charge in [0, 0.05) is 37.4 Å². The highest BCUT2D eigenvalue weighted by Gasteiger charge is 2.31. The Morgan fingerprint density at radius 2 is 2.12 bits per heavy atom. The zero-order chi connectivity index (χ0) is 18.0. The van der Waals surface area contributed by atoms with Crippen LogP contribution in [0.4, 0.5) is 5.69 Å². The van der Waals surface area contributed by atoms with Crippen molar-refractivity contribution in [3.63, 3.8) is 0 Å². The first kappa shape index (κ1) is 18.1. The molecule has 134 valence electrons. The van der Waals surface area contributed by atoms with Crippen molar-refractivity contribution in [2.24, 2.45) is 0 Å². The Balaban J connectivity index is 1.80. The van der Waals surface area contributed by atoms with Crippen molar-refractivity contribution in [2.45, 2.75) is 18.1 Å². The van der Waals surface area contributed by atoms with Crippen LogP contribution in [0.25, 0.3) is 0 Å². The molecule has 2 amide bonds. The Kier molecular flexibility index (Phi) is 5.54. The lowest BCUT2D eigenvalue weighted by Gasteiger charge is -2.31. The minimum absolute atomic E-state index is 0.0200. The normalized spacial score (nSPS) is 20.7. The number of halogens is 1. The number of thioether (sulfide) groups is 1. The van der Waals surface area contributed by atoms with Gasteiger partial charge in [-0.3, -0.25) is 14.4 Å². The molecule has 0 N–H and O–H groups in total. The van der Waals surface area contributed by atoms with Crippen LogP contribution in [0.1, 0.15) is 23.2 Å². The van der Waals surface area contributed by atoms with Gasteiger partial charge in [-0.15, -0.1) is 11.8 Å². The average Bonchev–Trinajstić information content (AvgIpc) is 3.06. The Morgan fingerprint density at radius 3 is 2.80 bits per heavy atom. The molecule has 2 fully saturated rings. The molecule has 0 radical (unpaired) electrons. The summed E-state index contributed by atoms with van der Waals surface area (Å²) in [4.78, 5) is 39.8. The maximum absolute atomic E-state index is 12.8. The van der Waals surface area contributed by atoms with E-state index >= 15 is 0 Å². The molecular formula is C17H19ClN2O4S. The monoisotopic (exact) mass is 382 g/mol. The van der Waals surface area contributed by atoms with E-state index in [1.807, 2.05) is 0 Å². The van der Waals surface area contributed by atoms with Crippen molar-refractivity contribution in [3.8, 4) is 0 Å².